The molecule has 2 aliphatic rings. The van der Waals surface area contributed by atoms with Crippen LogP contribution in [0.3, 0.4) is 0 Å². The van der Waals surface area contributed by atoms with Gasteiger partial charge in [-0.1, -0.05) is 36.4 Å². The van der Waals surface area contributed by atoms with Crippen LogP contribution in [0.4, 0.5) is 11.4 Å². The summed E-state index contributed by atoms with van der Waals surface area (Å²) in [6.07, 6.45) is 9.92. The van der Waals surface area contributed by atoms with Crippen molar-refractivity contribution in [2.75, 3.05) is 13.2 Å². The Hall–Kier alpha value is -2.62. The first-order valence-corrected chi connectivity index (χ1v) is 13.3. The molecule has 0 bridgehead atoms. The molecule has 0 aliphatic heterocycles. The Morgan fingerprint density at radius 1 is 0.588 bits per heavy atom. The lowest BCUT2D eigenvalue weighted by Gasteiger charge is -2.38. The van der Waals surface area contributed by atoms with Crippen molar-refractivity contribution in [2.45, 2.75) is 65.2 Å². The van der Waals surface area contributed by atoms with Gasteiger partial charge in [-0.25, -0.2) is 9.98 Å². The van der Waals surface area contributed by atoms with Crippen molar-refractivity contribution >= 4 is 23.2 Å². The number of ether oxygens (including phenoxy) is 2. The summed E-state index contributed by atoms with van der Waals surface area (Å²) in [5.74, 6) is 4.45. The average Bonchev–Trinajstić information content (AvgIpc) is 2.90. The Morgan fingerprint density at radius 3 is 1.26 bits per heavy atom. The zero-order valence-electron chi connectivity index (χ0n) is 20.9. The fourth-order valence-corrected chi connectivity index (χ4v) is 5.71. The monoisotopic (exact) mass is 460 g/mol. The smallest absolute Gasteiger partial charge is 0.191 e. The van der Waals surface area contributed by atoms with E-state index in [4.69, 9.17) is 19.5 Å². The van der Waals surface area contributed by atoms with Crippen molar-refractivity contribution in [3.8, 4) is 0 Å². The van der Waals surface area contributed by atoms with Crippen LogP contribution in [0.5, 0.6) is 0 Å². The molecule has 0 N–H and O–H groups in total. The van der Waals surface area contributed by atoms with Gasteiger partial charge in [0.15, 0.2) is 11.8 Å². The van der Waals surface area contributed by atoms with E-state index < -0.39 is 0 Å². The number of hydrogen-bond donors (Lipinski definition) is 0. The summed E-state index contributed by atoms with van der Waals surface area (Å²) >= 11 is 0. The molecule has 2 aromatic carbocycles. The third-order valence-corrected chi connectivity index (χ3v) is 7.48. The molecule has 2 saturated carbocycles. The van der Waals surface area contributed by atoms with Crippen LogP contribution < -0.4 is 0 Å². The van der Waals surface area contributed by atoms with Crippen LogP contribution in [0.25, 0.3) is 0 Å². The van der Waals surface area contributed by atoms with E-state index in [-0.39, 0.29) is 0 Å². The molecule has 0 amide bonds. The van der Waals surface area contributed by atoms with Gasteiger partial charge in [0.1, 0.15) is 0 Å². The van der Waals surface area contributed by atoms with Crippen LogP contribution in [-0.2, 0) is 9.47 Å². The SMILES string of the molecule is CCOC(=Nc1ccccc1)C1CCC(C2CCC(C(=Nc3ccccc3)OCC)CC2)CC1. The fourth-order valence-electron chi connectivity index (χ4n) is 5.71. The summed E-state index contributed by atoms with van der Waals surface area (Å²) < 4.78 is 12.0. The van der Waals surface area contributed by atoms with Gasteiger partial charge in [-0.3, -0.25) is 0 Å². The van der Waals surface area contributed by atoms with Crippen LogP contribution in [0.1, 0.15) is 65.2 Å². The van der Waals surface area contributed by atoms with E-state index in [0.717, 1.165) is 35.0 Å². The maximum absolute atomic E-state index is 6.00. The summed E-state index contributed by atoms with van der Waals surface area (Å²) in [5.41, 5.74) is 1.99. The van der Waals surface area contributed by atoms with Crippen LogP contribution in [0, 0.1) is 23.7 Å². The minimum atomic E-state index is 0.454. The van der Waals surface area contributed by atoms with Crippen LogP contribution in [0.2, 0.25) is 0 Å². The molecule has 2 fully saturated rings. The van der Waals surface area contributed by atoms with E-state index >= 15 is 0 Å². The molecule has 2 aliphatic carbocycles. The zero-order chi connectivity index (χ0) is 23.6. The Kier molecular flexibility index (Phi) is 9.18. The molecule has 0 atom stereocenters. The lowest BCUT2D eigenvalue weighted by molar-refractivity contribution is 0.157. The predicted octanol–water partition coefficient (Wildman–Crippen LogP) is 8.13. The maximum atomic E-state index is 6.00. The average molecular weight is 461 g/mol. The molecule has 182 valence electrons. The van der Waals surface area contributed by atoms with Crippen molar-refractivity contribution in [3.05, 3.63) is 60.7 Å². The summed E-state index contributed by atoms with van der Waals surface area (Å²) in [4.78, 5) is 9.72. The van der Waals surface area contributed by atoms with Crippen molar-refractivity contribution in [1.82, 2.24) is 0 Å². The van der Waals surface area contributed by atoms with E-state index in [2.05, 4.69) is 38.1 Å². The molecule has 4 rings (SSSR count). The Bertz CT molecular complexity index is 832. The van der Waals surface area contributed by atoms with Gasteiger partial charge in [-0.05, 0) is 101 Å². The minimum absolute atomic E-state index is 0.454. The van der Waals surface area contributed by atoms with E-state index in [1.54, 1.807) is 0 Å². The van der Waals surface area contributed by atoms with Gasteiger partial charge in [-0.15, -0.1) is 0 Å². The van der Waals surface area contributed by atoms with Gasteiger partial charge in [0.05, 0.1) is 24.6 Å². The molecule has 4 nitrogen and oxygen atoms in total. The number of aliphatic imine (C=N–C) groups is 2. The molecule has 0 heterocycles. The molecule has 0 unspecified atom stereocenters. The number of nitrogens with zero attached hydrogens (tertiary/aromatic N) is 2. The molecular formula is C30H40N2O2. The summed E-state index contributed by atoms with van der Waals surface area (Å²) in [6.45, 7) is 5.48. The van der Waals surface area contributed by atoms with Gasteiger partial charge < -0.3 is 9.47 Å². The third kappa shape index (κ3) is 6.71. The number of hydrogen-bond acceptors (Lipinski definition) is 4. The second kappa shape index (κ2) is 12.7. The van der Waals surface area contributed by atoms with Crippen molar-refractivity contribution < 1.29 is 9.47 Å². The molecule has 0 aromatic heterocycles. The molecule has 0 radical (unpaired) electrons. The standard InChI is InChI=1S/C30H40N2O2/c1-3-33-29(31-27-11-7-5-8-12-27)25-19-15-23(16-20-25)24-17-21-26(22-18-24)30(34-4-2)32-28-13-9-6-10-14-28/h5-14,23-26H,3-4,15-22H2,1-2H3. The summed E-state index contributed by atoms with van der Waals surface area (Å²) in [5, 5.41) is 0. The molecular weight excluding hydrogens is 420 g/mol. The minimum Gasteiger partial charge on any atom is -0.481 e. The second-order valence-electron chi connectivity index (χ2n) is 9.66. The van der Waals surface area contributed by atoms with E-state index in [1.807, 2.05) is 36.4 Å². The largest absolute Gasteiger partial charge is 0.481 e. The third-order valence-electron chi connectivity index (χ3n) is 7.48. The summed E-state index contributed by atoms with van der Waals surface area (Å²) in [6, 6.07) is 20.4. The van der Waals surface area contributed by atoms with Crippen LogP contribution >= 0.6 is 0 Å². The van der Waals surface area contributed by atoms with Gasteiger partial charge >= 0.3 is 0 Å². The van der Waals surface area contributed by atoms with E-state index in [0.29, 0.717) is 25.0 Å². The Balaban J connectivity index is 1.31. The highest BCUT2D eigenvalue weighted by Gasteiger charge is 2.34. The first kappa shape index (κ1) is 24.5. The van der Waals surface area contributed by atoms with E-state index in [9.17, 15) is 0 Å². The number of rotatable bonds is 7. The first-order chi connectivity index (χ1) is 16.8. The highest BCUT2D eigenvalue weighted by Crippen LogP contribution is 2.42. The molecule has 0 spiro atoms. The van der Waals surface area contributed by atoms with Crippen molar-refractivity contribution in [3.63, 3.8) is 0 Å². The predicted molar refractivity (Wildman–Crippen MR) is 141 cm³/mol. The Morgan fingerprint density at radius 2 is 0.941 bits per heavy atom. The lowest BCUT2D eigenvalue weighted by Crippen LogP contribution is -2.31. The van der Waals surface area contributed by atoms with Crippen LogP contribution in [-0.4, -0.2) is 25.0 Å². The normalized spacial score (nSPS) is 26.2. The highest BCUT2D eigenvalue weighted by molar-refractivity contribution is 5.82. The zero-order valence-corrected chi connectivity index (χ0v) is 20.9. The number of benzene rings is 2. The molecule has 4 heteroatoms. The summed E-state index contributed by atoms with van der Waals surface area (Å²) in [7, 11) is 0. The maximum Gasteiger partial charge on any atom is 0.191 e. The Labute approximate surface area is 205 Å². The topological polar surface area (TPSA) is 43.2 Å². The number of para-hydroxylation sites is 2. The molecule has 34 heavy (non-hydrogen) atoms. The fraction of sp³-hybridized carbons (Fsp3) is 0.533. The van der Waals surface area contributed by atoms with Gasteiger partial charge in [0, 0.05) is 11.8 Å². The van der Waals surface area contributed by atoms with Crippen molar-refractivity contribution in [1.29, 1.82) is 0 Å². The van der Waals surface area contributed by atoms with E-state index in [1.165, 1.54) is 51.4 Å². The van der Waals surface area contributed by atoms with Crippen LogP contribution in [0.15, 0.2) is 70.6 Å². The first-order valence-electron chi connectivity index (χ1n) is 13.3. The van der Waals surface area contributed by atoms with Gasteiger partial charge in [0.2, 0.25) is 0 Å². The molecule has 0 saturated heterocycles. The molecule has 2 aromatic rings. The quantitative estimate of drug-likeness (QED) is 0.309. The lowest BCUT2D eigenvalue weighted by atomic mass is 9.69. The van der Waals surface area contributed by atoms with Crippen molar-refractivity contribution in [2.24, 2.45) is 33.7 Å². The van der Waals surface area contributed by atoms with Gasteiger partial charge in [-0.2, -0.15) is 0 Å². The highest BCUT2D eigenvalue weighted by atomic mass is 16.5. The van der Waals surface area contributed by atoms with Gasteiger partial charge in [0.25, 0.3) is 0 Å². The second-order valence-corrected chi connectivity index (χ2v) is 9.66.